The lowest BCUT2D eigenvalue weighted by molar-refractivity contribution is -0.433. The first kappa shape index (κ1) is 59.0. The van der Waals surface area contributed by atoms with Crippen molar-refractivity contribution in [2.75, 3.05) is 90.3 Å². The van der Waals surface area contributed by atoms with E-state index in [1.54, 1.807) is 30.4 Å². The summed E-state index contributed by atoms with van der Waals surface area (Å²) in [5.74, 6) is -5.15. The third-order valence-electron chi connectivity index (χ3n) is 13.4. The molecule has 0 bridgehead atoms. The number of ether oxygens (including phenoxy) is 5. The summed E-state index contributed by atoms with van der Waals surface area (Å²) in [6.07, 6.45) is 2.74. The number of ketones is 1. The summed E-state index contributed by atoms with van der Waals surface area (Å²) in [6, 6.07) is 7.89. The number of amides is 2. The van der Waals surface area contributed by atoms with Crippen LogP contribution in [-0.4, -0.2) is 168 Å². The SMILES string of the molecule is CCC(COCCOCCOCCOCCOC)C1/C(=C\C2=C(O)C(=C/C3=[N+](CC)c4ccc(S(=O)(=O)O)cc4C3(C)CCCS(=O)(=O)O)/C2=O)N(CCCC(=O)ON2C(=O)CCC2=O)c2ccc(S(=O)(=O)O)cc21. The van der Waals surface area contributed by atoms with Crippen LogP contribution < -0.4 is 4.90 Å². The number of hydrogen-bond acceptors (Lipinski definition) is 18. The normalized spacial score (nSPS) is 20.5. The topological polar surface area (TPSA) is 316 Å². The van der Waals surface area contributed by atoms with Crippen LogP contribution >= 0.6 is 0 Å². The summed E-state index contributed by atoms with van der Waals surface area (Å²) in [4.78, 5) is 57.8. The predicted molar refractivity (Wildman–Crippen MR) is 267 cm³/mol. The molecule has 2 amide bonds. The third kappa shape index (κ3) is 14.2. The Morgan fingerprint density at radius 3 is 1.96 bits per heavy atom. The zero-order valence-electron chi connectivity index (χ0n) is 42.1. The number of aliphatic hydroxyl groups is 1. The number of rotatable bonds is 30. The van der Waals surface area contributed by atoms with Crippen molar-refractivity contribution in [2.24, 2.45) is 5.92 Å². The van der Waals surface area contributed by atoms with Gasteiger partial charge < -0.3 is 38.5 Å². The van der Waals surface area contributed by atoms with Crippen LogP contribution in [0.4, 0.5) is 11.4 Å². The minimum atomic E-state index is -4.75. The van der Waals surface area contributed by atoms with E-state index >= 15 is 0 Å². The van der Waals surface area contributed by atoms with Gasteiger partial charge in [0.1, 0.15) is 12.3 Å². The van der Waals surface area contributed by atoms with Gasteiger partial charge in [-0.3, -0.25) is 28.0 Å². The Morgan fingerprint density at radius 2 is 1.40 bits per heavy atom. The van der Waals surface area contributed by atoms with E-state index in [-0.39, 0.29) is 89.2 Å². The fourth-order valence-corrected chi connectivity index (χ4v) is 11.1. The molecular weight excluding hydrogens is 1050 g/mol. The van der Waals surface area contributed by atoms with Gasteiger partial charge in [-0.15, -0.1) is 5.06 Å². The van der Waals surface area contributed by atoms with Gasteiger partial charge in [0.15, 0.2) is 5.71 Å². The molecular formula is C49H64N3O20S3+. The predicted octanol–water partition coefficient (Wildman–Crippen LogP) is 4.16. The molecule has 3 aliphatic heterocycles. The van der Waals surface area contributed by atoms with Crippen molar-refractivity contribution in [3.8, 4) is 0 Å². The number of aliphatic hydroxyl groups excluding tert-OH is 1. The molecule has 1 aliphatic carbocycles. The maximum Gasteiger partial charge on any atom is 0.333 e. The lowest BCUT2D eigenvalue weighted by atomic mass is 9.74. The second-order valence-corrected chi connectivity index (χ2v) is 22.7. The van der Waals surface area contributed by atoms with E-state index in [4.69, 9.17) is 28.5 Å². The molecule has 2 aromatic rings. The van der Waals surface area contributed by atoms with Crippen molar-refractivity contribution in [1.82, 2.24) is 5.06 Å². The minimum absolute atomic E-state index is 0.00538. The molecule has 4 N–H and O–H groups in total. The van der Waals surface area contributed by atoms with Gasteiger partial charge in [0, 0.05) is 67.9 Å². The Morgan fingerprint density at radius 1 is 0.813 bits per heavy atom. The zero-order chi connectivity index (χ0) is 54.9. The van der Waals surface area contributed by atoms with Crippen LogP contribution in [0.2, 0.25) is 0 Å². The first-order chi connectivity index (χ1) is 35.4. The van der Waals surface area contributed by atoms with Gasteiger partial charge in [-0.05, 0) is 81.0 Å². The number of nitrogens with zero attached hydrogens (tertiary/aromatic N) is 3. The average molecular weight is 1110 g/mol. The largest absolute Gasteiger partial charge is 0.506 e. The Kier molecular flexibility index (Phi) is 19.9. The smallest absolute Gasteiger partial charge is 0.333 e. The number of carbonyl (C=O) groups is 4. The minimum Gasteiger partial charge on any atom is -0.506 e. The van der Waals surface area contributed by atoms with Crippen molar-refractivity contribution < 1.29 is 96.3 Å². The monoisotopic (exact) mass is 1110 g/mol. The van der Waals surface area contributed by atoms with Crippen molar-refractivity contribution in [2.45, 2.75) is 86.8 Å². The van der Waals surface area contributed by atoms with Crippen LogP contribution in [0, 0.1) is 5.92 Å². The first-order valence-electron chi connectivity index (χ1n) is 24.3. The quantitative estimate of drug-likeness (QED) is 0.0281. The molecule has 6 rings (SSSR count). The molecule has 412 valence electrons. The van der Waals surface area contributed by atoms with Crippen molar-refractivity contribution in [3.63, 3.8) is 0 Å². The molecule has 0 spiro atoms. The van der Waals surface area contributed by atoms with Gasteiger partial charge in [0.25, 0.3) is 42.2 Å². The number of imide groups is 1. The number of fused-ring (bicyclic) bond motifs is 2. The standard InChI is InChI=1S/C49H63N3O20S3/c1-5-32(31-71-25-24-70-23-22-69-21-20-68-19-18-67-4)46-35-27-33(74(61,62)63)10-12-39(35)51(17-7-9-45(55)72-52-43(53)14-15-44(52)54)41(46)29-36-47(56)37(48(36)57)30-42-49(3,16-8-26-73(58,59)60)38-28-34(75(64,65)66)11-13-40(38)50(42)6-2/h10-13,27-30,32,46H,5-9,14-26,31H2,1-4H3,(H3-,56,57,58,59,60,61,62,63,64,65,66)/p+1. The number of allylic oxidation sites excluding steroid dienone is 5. The molecule has 3 atom stereocenters. The molecule has 75 heavy (non-hydrogen) atoms. The molecule has 1 fully saturated rings. The summed E-state index contributed by atoms with van der Waals surface area (Å²) < 4.78 is 133. The van der Waals surface area contributed by atoms with Crippen LogP contribution in [-0.2, 0) is 83.5 Å². The fourth-order valence-electron chi connectivity index (χ4n) is 9.60. The average Bonchev–Trinajstić information content (AvgIpc) is 3.92. The maximum atomic E-state index is 14.5. The molecule has 3 unspecified atom stereocenters. The molecule has 0 radical (unpaired) electrons. The fraction of sp³-hybridized carbons (Fsp3) is 0.531. The number of Topliss-reactive ketones (excluding diaryl/α,β-unsaturated/α-hetero) is 1. The maximum absolute atomic E-state index is 14.5. The summed E-state index contributed by atoms with van der Waals surface area (Å²) in [5, 5.41) is 12.3. The summed E-state index contributed by atoms with van der Waals surface area (Å²) in [7, 11) is -12.3. The zero-order valence-corrected chi connectivity index (χ0v) is 44.5. The summed E-state index contributed by atoms with van der Waals surface area (Å²) >= 11 is 0. The van der Waals surface area contributed by atoms with E-state index in [1.165, 1.54) is 48.6 Å². The highest BCUT2D eigenvalue weighted by molar-refractivity contribution is 7.86. The Balaban J connectivity index is 1.35. The molecule has 3 heterocycles. The molecule has 0 saturated carbocycles. The Hall–Kier alpha value is -5.26. The molecule has 26 heteroatoms. The van der Waals surface area contributed by atoms with Crippen LogP contribution in [0.25, 0.3) is 0 Å². The number of methoxy groups -OCH3 is 1. The van der Waals surface area contributed by atoms with E-state index in [2.05, 4.69) is 0 Å². The highest BCUT2D eigenvalue weighted by Gasteiger charge is 2.50. The van der Waals surface area contributed by atoms with Crippen LogP contribution in [0.5, 0.6) is 0 Å². The number of hydroxylamine groups is 2. The van der Waals surface area contributed by atoms with Crippen LogP contribution in [0.3, 0.4) is 0 Å². The highest BCUT2D eigenvalue weighted by atomic mass is 32.2. The lowest BCUT2D eigenvalue weighted by Crippen LogP contribution is -2.34. The van der Waals surface area contributed by atoms with Gasteiger partial charge in [-0.2, -0.15) is 29.8 Å². The number of benzene rings is 2. The van der Waals surface area contributed by atoms with Gasteiger partial charge in [0.2, 0.25) is 11.5 Å². The third-order valence-corrected chi connectivity index (χ3v) is 15.9. The van der Waals surface area contributed by atoms with Crippen molar-refractivity contribution in [1.29, 1.82) is 0 Å². The number of anilines is 1. The molecule has 0 aromatic heterocycles. The molecule has 1 saturated heterocycles. The number of hydrogen-bond donors (Lipinski definition) is 4. The molecule has 4 aliphatic rings. The van der Waals surface area contributed by atoms with E-state index in [1.807, 2.05) is 6.92 Å². The van der Waals surface area contributed by atoms with Gasteiger partial charge in [0.05, 0.1) is 91.6 Å². The Labute approximate surface area is 435 Å². The summed E-state index contributed by atoms with van der Waals surface area (Å²) in [6.45, 7) is 8.32. The first-order valence-corrected chi connectivity index (χ1v) is 28.8. The van der Waals surface area contributed by atoms with Gasteiger partial charge >= 0.3 is 5.97 Å². The van der Waals surface area contributed by atoms with E-state index in [0.29, 0.717) is 78.4 Å². The van der Waals surface area contributed by atoms with Gasteiger partial charge in [-0.1, -0.05) is 13.3 Å². The van der Waals surface area contributed by atoms with Crippen LogP contribution in [0.1, 0.15) is 82.8 Å². The number of carbonyl (C=O) groups excluding carboxylic acids is 4. The lowest BCUT2D eigenvalue weighted by Gasteiger charge is -2.29. The van der Waals surface area contributed by atoms with Crippen molar-refractivity contribution >= 4 is 71.0 Å². The van der Waals surface area contributed by atoms with E-state index in [9.17, 15) is 63.2 Å². The molecule has 23 nitrogen and oxygen atoms in total. The van der Waals surface area contributed by atoms with Crippen LogP contribution in [0.15, 0.2) is 80.9 Å². The van der Waals surface area contributed by atoms with Crippen molar-refractivity contribution in [3.05, 3.63) is 82.3 Å². The highest BCUT2D eigenvalue weighted by Crippen LogP contribution is 2.51. The van der Waals surface area contributed by atoms with E-state index in [0.717, 1.165) is 0 Å². The molecule has 2 aromatic carbocycles. The second kappa shape index (κ2) is 25.3. The summed E-state index contributed by atoms with van der Waals surface area (Å²) in [5.41, 5.74) is 0.914. The van der Waals surface area contributed by atoms with Gasteiger partial charge in [-0.25, -0.2) is 4.79 Å². The second-order valence-electron chi connectivity index (χ2n) is 18.3. The van der Waals surface area contributed by atoms with E-state index < -0.39 is 92.5 Å². The Bertz CT molecular complexity index is 2970.